The van der Waals surface area contributed by atoms with E-state index < -0.39 is 5.54 Å². The highest BCUT2D eigenvalue weighted by Gasteiger charge is 2.32. The fraction of sp³-hybridized carbons (Fsp3) is 0.375. The molecule has 0 atom stereocenters. The first-order chi connectivity index (χ1) is 15.0. The van der Waals surface area contributed by atoms with Gasteiger partial charge >= 0.3 is 0 Å². The number of rotatable bonds is 7. The van der Waals surface area contributed by atoms with Crippen LogP contribution in [-0.4, -0.2) is 31.0 Å². The van der Waals surface area contributed by atoms with E-state index >= 15 is 0 Å². The Bertz CT molecular complexity index is 925. The number of carbonyl (C=O) groups excluding carboxylic acids is 2. The zero-order chi connectivity index (χ0) is 22.1. The molecule has 3 rings (SSSR count). The Labute approximate surface area is 182 Å². The van der Waals surface area contributed by atoms with Gasteiger partial charge in [-0.2, -0.15) is 5.26 Å². The monoisotopic (exact) mass is 420 g/mol. The molecule has 2 aromatic carbocycles. The number of methoxy groups -OCH3 is 1. The Kier molecular flexibility index (Phi) is 7.50. The van der Waals surface area contributed by atoms with Crippen molar-refractivity contribution in [2.45, 2.75) is 44.1 Å². The van der Waals surface area contributed by atoms with Crippen molar-refractivity contribution in [2.24, 2.45) is 0 Å². The Morgan fingerprint density at radius 1 is 0.968 bits per heavy atom. The molecule has 0 spiro atoms. The van der Waals surface area contributed by atoms with Gasteiger partial charge < -0.3 is 20.7 Å². The largest absolute Gasteiger partial charge is 0.497 e. The smallest absolute Gasteiger partial charge is 0.255 e. The normalized spacial score (nSPS) is 15.1. The van der Waals surface area contributed by atoms with Gasteiger partial charge in [-0.25, -0.2) is 0 Å². The summed E-state index contributed by atoms with van der Waals surface area (Å²) in [5.74, 6) is 0.292. The molecule has 31 heavy (non-hydrogen) atoms. The van der Waals surface area contributed by atoms with E-state index in [4.69, 9.17) is 4.74 Å². The Morgan fingerprint density at radius 2 is 1.58 bits per heavy atom. The lowest BCUT2D eigenvalue weighted by atomic mass is 9.92. The lowest BCUT2D eigenvalue weighted by molar-refractivity contribution is -0.120. The number of nitriles is 1. The number of nitrogens with one attached hydrogen (secondary N) is 3. The summed E-state index contributed by atoms with van der Waals surface area (Å²) in [6, 6.07) is 16.3. The van der Waals surface area contributed by atoms with Crippen molar-refractivity contribution < 1.29 is 14.3 Å². The van der Waals surface area contributed by atoms with Crippen molar-refractivity contribution in [3.63, 3.8) is 0 Å². The van der Waals surface area contributed by atoms with Gasteiger partial charge in [-0.15, -0.1) is 0 Å². The van der Waals surface area contributed by atoms with Crippen LogP contribution in [0, 0.1) is 11.3 Å². The maximum Gasteiger partial charge on any atom is 0.255 e. The highest BCUT2D eigenvalue weighted by Crippen LogP contribution is 2.26. The zero-order valence-electron chi connectivity index (χ0n) is 17.7. The van der Waals surface area contributed by atoms with Crippen molar-refractivity contribution in [1.29, 1.82) is 5.26 Å². The summed E-state index contributed by atoms with van der Waals surface area (Å²) in [6.07, 6.45) is 5.54. The predicted molar refractivity (Wildman–Crippen MR) is 120 cm³/mol. The summed E-state index contributed by atoms with van der Waals surface area (Å²) >= 11 is 0. The molecule has 0 radical (unpaired) electrons. The maximum absolute atomic E-state index is 12.4. The molecule has 0 bridgehead atoms. The molecule has 0 aliphatic heterocycles. The van der Waals surface area contributed by atoms with Crippen LogP contribution in [0.4, 0.5) is 11.4 Å². The minimum atomic E-state index is -0.751. The summed E-state index contributed by atoms with van der Waals surface area (Å²) in [7, 11) is 1.59. The van der Waals surface area contributed by atoms with Crippen molar-refractivity contribution in [3.8, 4) is 11.8 Å². The van der Waals surface area contributed by atoms with E-state index in [2.05, 4.69) is 22.0 Å². The molecule has 1 aliphatic rings. The fourth-order valence-electron chi connectivity index (χ4n) is 3.71. The summed E-state index contributed by atoms with van der Waals surface area (Å²) in [4.78, 5) is 24.8. The van der Waals surface area contributed by atoms with Crippen molar-refractivity contribution >= 4 is 23.2 Å². The van der Waals surface area contributed by atoms with E-state index in [-0.39, 0.29) is 18.4 Å². The number of hydrogen-bond donors (Lipinski definition) is 3. The van der Waals surface area contributed by atoms with Crippen LogP contribution in [0.1, 0.15) is 48.9 Å². The van der Waals surface area contributed by atoms with Gasteiger partial charge in [0, 0.05) is 16.9 Å². The van der Waals surface area contributed by atoms with Crippen LogP contribution < -0.4 is 20.7 Å². The van der Waals surface area contributed by atoms with Gasteiger partial charge in [0.2, 0.25) is 5.91 Å². The van der Waals surface area contributed by atoms with Crippen LogP contribution in [0.25, 0.3) is 0 Å². The molecule has 0 aromatic heterocycles. The first kappa shape index (κ1) is 22.2. The molecule has 0 heterocycles. The lowest BCUT2D eigenvalue weighted by Gasteiger charge is -2.26. The van der Waals surface area contributed by atoms with E-state index in [1.807, 2.05) is 0 Å². The van der Waals surface area contributed by atoms with Gasteiger partial charge in [0.05, 0.1) is 19.7 Å². The third-order valence-corrected chi connectivity index (χ3v) is 5.50. The first-order valence-corrected chi connectivity index (χ1v) is 10.6. The van der Waals surface area contributed by atoms with Crippen molar-refractivity contribution in [2.75, 3.05) is 24.3 Å². The molecule has 7 heteroatoms. The number of carbonyl (C=O) groups is 2. The molecular weight excluding hydrogens is 392 g/mol. The number of nitrogens with zero attached hydrogens (tertiary/aromatic N) is 1. The average molecular weight is 421 g/mol. The summed E-state index contributed by atoms with van der Waals surface area (Å²) in [5.41, 5.74) is 1.16. The van der Waals surface area contributed by atoms with Gasteiger partial charge in [0.15, 0.2) is 0 Å². The Balaban J connectivity index is 1.51. The topological polar surface area (TPSA) is 103 Å². The molecule has 162 valence electrons. The van der Waals surface area contributed by atoms with Gasteiger partial charge in [-0.1, -0.05) is 25.7 Å². The third kappa shape index (κ3) is 6.22. The van der Waals surface area contributed by atoms with Crippen LogP contribution in [0.15, 0.2) is 48.5 Å². The van der Waals surface area contributed by atoms with E-state index in [1.165, 1.54) is 0 Å². The maximum atomic E-state index is 12.4. The number of hydrogen-bond acceptors (Lipinski definition) is 5. The lowest BCUT2D eigenvalue weighted by Crippen LogP contribution is -2.48. The SMILES string of the molecule is COc1ccc(NC(=O)c2ccc(NCC(=O)NC3(C#N)CCCCCC3)cc2)cc1. The van der Waals surface area contributed by atoms with Crippen LogP contribution in [-0.2, 0) is 4.79 Å². The van der Waals surface area contributed by atoms with Gasteiger partial charge in [-0.3, -0.25) is 9.59 Å². The third-order valence-electron chi connectivity index (χ3n) is 5.50. The summed E-state index contributed by atoms with van der Waals surface area (Å²) in [5, 5.41) is 18.4. The molecule has 7 nitrogen and oxygen atoms in total. The van der Waals surface area contributed by atoms with Gasteiger partial charge in [0.1, 0.15) is 11.3 Å². The molecule has 0 saturated heterocycles. The average Bonchev–Trinajstić information content (AvgIpc) is 3.04. The van der Waals surface area contributed by atoms with Gasteiger partial charge in [0.25, 0.3) is 5.91 Å². The quantitative estimate of drug-likeness (QED) is 0.586. The highest BCUT2D eigenvalue weighted by molar-refractivity contribution is 6.04. The molecule has 0 unspecified atom stereocenters. The van der Waals surface area contributed by atoms with Crippen LogP contribution in [0.5, 0.6) is 5.75 Å². The van der Waals surface area contributed by atoms with Crippen molar-refractivity contribution in [3.05, 3.63) is 54.1 Å². The second-order valence-corrected chi connectivity index (χ2v) is 7.77. The number of amides is 2. The van der Waals surface area contributed by atoms with E-state index in [0.717, 1.165) is 37.1 Å². The zero-order valence-corrected chi connectivity index (χ0v) is 17.7. The highest BCUT2D eigenvalue weighted by atomic mass is 16.5. The second kappa shape index (κ2) is 10.5. The second-order valence-electron chi connectivity index (χ2n) is 7.77. The number of anilines is 2. The standard InChI is InChI=1S/C24H28N4O3/c1-31-21-12-10-20(11-13-21)27-23(30)18-6-8-19(9-7-18)26-16-22(29)28-24(17-25)14-4-2-3-5-15-24/h6-13,26H,2-5,14-16H2,1H3,(H,27,30)(H,28,29). The minimum absolute atomic E-state index is 0.0703. The van der Waals surface area contributed by atoms with Gasteiger partial charge in [-0.05, 0) is 61.4 Å². The molecule has 1 saturated carbocycles. The van der Waals surface area contributed by atoms with Crippen LogP contribution >= 0.6 is 0 Å². The fourth-order valence-corrected chi connectivity index (χ4v) is 3.71. The van der Waals surface area contributed by atoms with E-state index in [9.17, 15) is 14.9 Å². The Hall–Kier alpha value is -3.53. The molecule has 1 aliphatic carbocycles. The summed E-state index contributed by atoms with van der Waals surface area (Å²) in [6.45, 7) is 0.0703. The first-order valence-electron chi connectivity index (χ1n) is 10.6. The van der Waals surface area contributed by atoms with Crippen molar-refractivity contribution in [1.82, 2.24) is 5.32 Å². The molecule has 1 fully saturated rings. The Morgan fingerprint density at radius 3 is 2.16 bits per heavy atom. The minimum Gasteiger partial charge on any atom is -0.497 e. The summed E-state index contributed by atoms with van der Waals surface area (Å²) < 4.78 is 5.11. The number of benzene rings is 2. The van der Waals surface area contributed by atoms with Crippen LogP contribution in [0.3, 0.4) is 0 Å². The molecule has 2 aromatic rings. The van der Waals surface area contributed by atoms with Crippen LogP contribution in [0.2, 0.25) is 0 Å². The van der Waals surface area contributed by atoms with E-state index in [0.29, 0.717) is 24.1 Å². The molecule has 2 amide bonds. The predicted octanol–water partition coefficient (Wildman–Crippen LogP) is 4.09. The van der Waals surface area contributed by atoms with E-state index in [1.54, 1.807) is 55.6 Å². The molecule has 3 N–H and O–H groups in total. The number of ether oxygens (including phenoxy) is 1. The molecular formula is C24H28N4O3.